The first-order valence-corrected chi connectivity index (χ1v) is 6.12. The predicted octanol–water partition coefficient (Wildman–Crippen LogP) is 2.25. The molecule has 1 aromatic carbocycles. The van der Waals surface area contributed by atoms with Crippen molar-refractivity contribution in [3.8, 4) is 5.69 Å². The summed E-state index contributed by atoms with van der Waals surface area (Å²) in [5.74, 6) is -0.200. The first kappa shape index (κ1) is 13.1. The molecule has 19 heavy (non-hydrogen) atoms. The van der Waals surface area contributed by atoms with Crippen LogP contribution in [0.1, 0.15) is 28.5 Å². The topological polar surface area (TPSA) is 70.1 Å². The first-order valence-electron chi connectivity index (χ1n) is 6.12. The van der Waals surface area contributed by atoms with E-state index >= 15 is 0 Å². The summed E-state index contributed by atoms with van der Waals surface area (Å²) in [6.07, 6.45) is 1.54. The van der Waals surface area contributed by atoms with Crippen LogP contribution in [0.5, 0.6) is 0 Å². The summed E-state index contributed by atoms with van der Waals surface area (Å²) < 4.78 is 6.61. The summed E-state index contributed by atoms with van der Waals surface area (Å²) in [5, 5.41) is 0. The second-order valence-corrected chi connectivity index (χ2v) is 4.36. The number of hydrogen-bond donors (Lipinski definition) is 1. The van der Waals surface area contributed by atoms with Gasteiger partial charge in [0.25, 0.3) is 0 Å². The van der Waals surface area contributed by atoms with Crippen molar-refractivity contribution in [1.29, 1.82) is 0 Å². The van der Waals surface area contributed by atoms with Gasteiger partial charge in [-0.1, -0.05) is 17.7 Å². The molecule has 0 aliphatic carbocycles. The van der Waals surface area contributed by atoms with Gasteiger partial charge in [0.05, 0.1) is 12.3 Å². The van der Waals surface area contributed by atoms with E-state index in [4.69, 9.17) is 10.5 Å². The van der Waals surface area contributed by atoms with Crippen LogP contribution >= 0.6 is 0 Å². The molecule has 0 aliphatic rings. The Morgan fingerprint density at radius 2 is 2.16 bits per heavy atom. The molecule has 0 saturated carbocycles. The molecule has 0 spiro atoms. The molecule has 2 rings (SSSR count). The third kappa shape index (κ3) is 2.45. The molecule has 0 radical (unpaired) electrons. The number of benzene rings is 1. The minimum absolute atomic E-state index is 0.154. The number of imidazole rings is 1. The Kier molecular flexibility index (Phi) is 3.55. The van der Waals surface area contributed by atoms with Gasteiger partial charge in [-0.3, -0.25) is 4.57 Å². The van der Waals surface area contributed by atoms with E-state index in [0.29, 0.717) is 12.4 Å². The molecule has 0 bridgehead atoms. The molecular weight excluding hydrogens is 242 g/mol. The van der Waals surface area contributed by atoms with E-state index in [0.717, 1.165) is 11.3 Å². The normalized spacial score (nSPS) is 10.5. The molecule has 100 valence electrons. The van der Waals surface area contributed by atoms with Crippen LogP contribution in [0, 0.1) is 13.8 Å². The van der Waals surface area contributed by atoms with E-state index in [2.05, 4.69) is 11.1 Å². The van der Waals surface area contributed by atoms with Gasteiger partial charge in [0.15, 0.2) is 5.69 Å². The summed E-state index contributed by atoms with van der Waals surface area (Å²) in [7, 11) is 0. The molecule has 0 fully saturated rings. The standard InChI is InChI=1S/C14H17N3O2/c1-4-19-14(18)12-13(15)17(8-16-12)11-6-5-9(2)7-10(11)3/h5-8H,4,15H2,1-3H3. The number of nitrogen functional groups attached to an aromatic ring is 1. The van der Waals surface area contributed by atoms with Gasteiger partial charge in [-0.2, -0.15) is 0 Å². The lowest BCUT2D eigenvalue weighted by molar-refractivity contribution is 0.0521. The average molecular weight is 259 g/mol. The lowest BCUT2D eigenvalue weighted by atomic mass is 10.1. The first-order chi connectivity index (χ1) is 9.04. The number of nitrogens with zero attached hydrogens (tertiary/aromatic N) is 2. The van der Waals surface area contributed by atoms with Crippen LogP contribution in [0.3, 0.4) is 0 Å². The maximum absolute atomic E-state index is 11.7. The highest BCUT2D eigenvalue weighted by Crippen LogP contribution is 2.21. The number of anilines is 1. The minimum Gasteiger partial charge on any atom is -0.461 e. The number of hydrogen-bond acceptors (Lipinski definition) is 4. The molecule has 0 unspecified atom stereocenters. The van der Waals surface area contributed by atoms with E-state index < -0.39 is 5.97 Å². The number of rotatable bonds is 3. The molecule has 0 atom stereocenters. The maximum Gasteiger partial charge on any atom is 0.360 e. The van der Waals surface area contributed by atoms with Crippen molar-refractivity contribution < 1.29 is 9.53 Å². The zero-order valence-corrected chi connectivity index (χ0v) is 11.3. The second-order valence-electron chi connectivity index (χ2n) is 4.36. The Morgan fingerprint density at radius 1 is 1.42 bits per heavy atom. The maximum atomic E-state index is 11.7. The van der Waals surface area contributed by atoms with Gasteiger partial charge >= 0.3 is 5.97 Å². The Bertz CT molecular complexity index is 617. The minimum atomic E-state index is -0.497. The van der Waals surface area contributed by atoms with Crippen LogP contribution in [0.4, 0.5) is 5.82 Å². The summed E-state index contributed by atoms with van der Waals surface area (Å²) in [6.45, 7) is 6.06. The molecule has 0 amide bonds. The van der Waals surface area contributed by atoms with E-state index in [9.17, 15) is 4.79 Å². The molecule has 0 aliphatic heterocycles. The third-order valence-corrected chi connectivity index (χ3v) is 2.89. The van der Waals surface area contributed by atoms with Gasteiger partial charge in [-0.15, -0.1) is 0 Å². The van der Waals surface area contributed by atoms with E-state index in [1.165, 1.54) is 5.56 Å². The van der Waals surface area contributed by atoms with E-state index in [1.54, 1.807) is 17.8 Å². The lowest BCUT2D eigenvalue weighted by Crippen LogP contribution is -2.09. The number of nitrogens with two attached hydrogens (primary N) is 1. The molecule has 1 heterocycles. The molecular formula is C14H17N3O2. The highest BCUT2D eigenvalue weighted by Gasteiger charge is 2.18. The number of aryl methyl sites for hydroxylation is 2. The predicted molar refractivity (Wildman–Crippen MR) is 73.4 cm³/mol. The quantitative estimate of drug-likeness (QED) is 0.858. The molecule has 0 saturated heterocycles. The SMILES string of the molecule is CCOC(=O)c1ncn(-c2ccc(C)cc2C)c1N. The molecule has 5 nitrogen and oxygen atoms in total. The lowest BCUT2D eigenvalue weighted by Gasteiger charge is -2.09. The van der Waals surface area contributed by atoms with Crippen molar-refractivity contribution >= 4 is 11.8 Å². The Labute approximate surface area is 112 Å². The van der Waals surface area contributed by atoms with Gasteiger partial charge < -0.3 is 10.5 Å². The fourth-order valence-corrected chi connectivity index (χ4v) is 1.98. The smallest absolute Gasteiger partial charge is 0.360 e. The average Bonchev–Trinajstić information content (AvgIpc) is 2.72. The van der Waals surface area contributed by atoms with Gasteiger partial charge in [-0.05, 0) is 32.4 Å². The van der Waals surface area contributed by atoms with Crippen molar-refractivity contribution in [2.24, 2.45) is 0 Å². The zero-order valence-electron chi connectivity index (χ0n) is 11.3. The molecule has 5 heteroatoms. The van der Waals surface area contributed by atoms with Crippen molar-refractivity contribution in [2.75, 3.05) is 12.3 Å². The highest BCUT2D eigenvalue weighted by atomic mass is 16.5. The van der Waals surface area contributed by atoms with Crippen molar-refractivity contribution in [3.05, 3.63) is 41.3 Å². The van der Waals surface area contributed by atoms with Crippen molar-refractivity contribution in [2.45, 2.75) is 20.8 Å². The number of carbonyl (C=O) groups is 1. The van der Waals surface area contributed by atoms with Crippen LogP contribution in [0.15, 0.2) is 24.5 Å². The number of aromatic nitrogens is 2. The Morgan fingerprint density at radius 3 is 2.79 bits per heavy atom. The number of esters is 1. The summed E-state index contributed by atoms with van der Waals surface area (Å²) >= 11 is 0. The van der Waals surface area contributed by atoms with Crippen LogP contribution < -0.4 is 5.73 Å². The van der Waals surface area contributed by atoms with Crippen LogP contribution in [-0.4, -0.2) is 22.1 Å². The largest absolute Gasteiger partial charge is 0.461 e. The molecule has 1 aromatic heterocycles. The summed E-state index contributed by atoms with van der Waals surface area (Å²) in [6, 6.07) is 6.00. The second kappa shape index (κ2) is 5.14. The Hall–Kier alpha value is -2.30. The van der Waals surface area contributed by atoms with Gasteiger partial charge in [0.1, 0.15) is 12.1 Å². The van der Waals surface area contributed by atoms with Crippen molar-refractivity contribution in [1.82, 2.24) is 9.55 Å². The molecule has 2 N–H and O–H groups in total. The fraction of sp³-hybridized carbons (Fsp3) is 0.286. The summed E-state index contributed by atoms with van der Waals surface area (Å²) in [5.41, 5.74) is 9.28. The fourth-order valence-electron chi connectivity index (χ4n) is 1.98. The van der Waals surface area contributed by atoms with Crippen LogP contribution in [0.2, 0.25) is 0 Å². The van der Waals surface area contributed by atoms with E-state index in [-0.39, 0.29) is 5.69 Å². The molecule has 2 aromatic rings. The number of carbonyl (C=O) groups excluding carboxylic acids is 1. The Balaban J connectivity index is 2.44. The van der Waals surface area contributed by atoms with Crippen molar-refractivity contribution in [3.63, 3.8) is 0 Å². The van der Waals surface area contributed by atoms with Gasteiger partial charge in [0.2, 0.25) is 0 Å². The third-order valence-electron chi connectivity index (χ3n) is 2.89. The highest BCUT2D eigenvalue weighted by molar-refractivity contribution is 5.92. The van der Waals surface area contributed by atoms with Gasteiger partial charge in [0, 0.05) is 0 Å². The summed E-state index contributed by atoms with van der Waals surface area (Å²) in [4.78, 5) is 15.7. The number of ether oxygens (including phenoxy) is 1. The zero-order chi connectivity index (χ0) is 14.0. The van der Waals surface area contributed by atoms with Crippen LogP contribution in [-0.2, 0) is 4.74 Å². The van der Waals surface area contributed by atoms with Crippen LogP contribution in [0.25, 0.3) is 5.69 Å². The monoisotopic (exact) mass is 259 g/mol. The van der Waals surface area contributed by atoms with Gasteiger partial charge in [-0.25, -0.2) is 9.78 Å². The van der Waals surface area contributed by atoms with E-state index in [1.807, 2.05) is 26.0 Å².